The van der Waals surface area contributed by atoms with Gasteiger partial charge in [0.05, 0.1) is 11.9 Å². The van der Waals surface area contributed by atoms with Crippen molar-refractivity contribution in [2.45, 2.75) is 0 Å². The summed E-state index contributed by atoms with van der Waals surface area (Å²) in [4.78, 5) is 16.8. The molecule has 4 aromatic rings. The van der Waals surface area contributed by atoms with Crippen LogP contribution in [0.5, 0.6) is 0 Å². The van der Waals surface area contributed by atoms with Crippen molar-refractivity contribution in [3.05, 3.63) is 84.2 Å². The van der Waals surface area contributed by atoms with Crippen molar-refractivity contribution >= 4 is 39.6 Å². The quantitative estimate of drug-likeness (QED) is 0.476. The van der Waals surface area contributed by atoms with E-state index in [9.17, 15) is 22.0 Å². The lowest BCUT2D eigenvalue weighted by molar-refractivity contribution is 0.102. The van der Waals surface area contributed by atoms with Crippen molar-refractivity contribution in [3.8, 4) is 0 Å². The van der Waals surface area contributed by atoms with E-state index in [1.54, 1.807) is 30.3 Å². The first-order chi connectivity index (χ1) is 14.4. The van der Waals surface area contributed by atoms with Crippen molar-refractivity contribution in [1.82, 2.24) is 14.6 Å². The third kappa shape index (κ3) is 3.82. The van der Waals surface area contributed by atoms with Gasteiger partial charge in [-0.1, -0.05) is 18.2 Å². The molecule has 152 valence electrons. The number of carbonyl (C=O) groups excluding carboxylic acids is 1. The number of aromatic nitrogens is 3. The number of hydrogen-bond donors (Lipinski definition) is 2. The number of fused-ring (bicyclic) bond motifs is 1. The van der Waals surface area contributed by atoms with Crippen molar-refractivity contribution in [2.75, 3.05) is 9.62 Å². The highest BCUT2D eigenvalue weighted by molar-refractivity contribution is 7.74. The summed E-state index contributed by atoms with van der Waals surface area (Å²) in [6.45, 7) is 0. The van der Waals surface area contributed by atoms with Gasteiger partial charge in [-0.25, -0.2) is 31.0 Å². The molecule has 30 heavy (non-hydrogen) atoms. The molecule has 0 bridgehead atoms. The predicted octanol–water partition coefficient (Wildman–Crippen LogP) is 2.92. The van der Waals surface area contributed by atoms with E-state index >= 15 is 0 Å². The first-order valence-electron chi connectivity index (χ1n) is 8.54. The Labute approximate surface area is 170 Å². The minimum absolute atomic E-state index is 0.0691. The van der Waals surface area contributed by atoms with Gasteiger partial charge in [-0.15, -0.1) is 0 Å². The van der Waals surface area contributed by atoms with Gasteiger partial charge in [0.25, 0.3) is 5.91 Å². The van der Waals surface area contributed by atoms with Crippen LogP contribution < -0.4 is 9.62 Å². The van der Waals surface area contributed by atoms with Gasteiger partial charge in [0.1, 0.15) is 17.2 Å². The summed E-state index contributed by atoms with van der Waals surface area (Å²) in [5.74, 6) is -2.55. The van der Waals surface area contributed by atoms with Crippen LogP contribution in [0.15, 0.2) is 67.0 Å². The van der Waals surface area contributed by atoms with E-state index in [-0.39, 0.29) is 22.7 Å². The number of nitrogens with one attached hydrogen (secondary N) is 1. The molecule has 2 aromatic heterocycles. The van der Waals surface area contributed by atoms with E-state index in [0.29, 0.717) is 16.1 Å². The summed E-state index contributed by atoms with van der Waals surface area (Å²) in [5.41, 5.74) is 0.444. The molecule has 0 atom stereocenters. The normalized spacial score (nSPS) is 11.0. The molecule has 0 aliphatic rings. The summed E-state index contributed by atoms with van der Waals surface area (Å²) in [6, 6.07) is 12.3. The number of hydrogen-bond acceptors (Lipinski definition) is 5. The lowest BCUT2D eigenvalue weighted by Gasteiger charge is -2.17. The third-order valence-corrected chi connectivity index (χ3v) is 4.87. The molecule has 1 amide bonds. The van der Waals surface area contributed by atoms with E-state index in [0.717, 1.165) is 12.1 Å². The average molecular weight is 429 g/mol. The summed E-state index contributed by atoms with van der Waals surface area (Å²) < 4.78 is 52.8. The fourth-order valence-corrected chi connectivity index (χ4v) is 3.41. The molecule has 2 aromatic carbocycles. The minimum atomic E-state index is -3.34. The number of para-hydroxylation sites is 1. The fraction of sp³-hybridized carbons (Fsp3) is 0. The van der Waals surface area contributed by atoms with Crippen LogP contribution in [0.1, 0.15) is 10.4 Å². The lowest BCUT2D eigenvalue weighted by Crippen LogP contribution is -2.17. The number of carbonyl (C=O) groups is 1. The average Bonchev–Trinajstić information content (AvgIpc) is 3.11. The Hall–Kier alpha value is -3.86. The van der Waals surface area contributed by atoms with Crippen LogP contribution in [-0.4, -0.2) is 28.9 Å². The molecule has 0 spiro atoms. The van der Waals surface area contributed by atoms with E-state index in [2.05, 4.69) is 15.4 Å². The second kappa shape index (κ2) is 7.87. The van der Waals surface area contributed by atoms with Crippen LogP contribution in [0.4, 0.5) is 26.0 Å². The molecular weight excluding hydrogens is 416 g/mol. The predicted molar refractivity (Wildman–Crippen MR) is 106 cm³/mol. The Balaban J connectivity index is 1.76. The summed E-state index contributed by atoms with van der Waals surface area (Å²) in [6.07, 6.45) is 2.67. The number of nitrogens with zero attached hydrogens (tertiary/aromatic N) is 4. The first-order valence-corrected chi connectivity index (χ1v) is 9.67. The monoisotopic (exact) mass is 429 g/mol. The van der Waals surface area contributed by atoms with Crippen LogP contribution in [0.3, 0.4) is 0 Å². The zero-order valence-corrected chi connectivity index (χ0v) is 16.0. The Kier molecular flexibility index (Phi) is 5.11. The fourth-order valence-electron chi connectivity index (χ4n) is 2.83. The molecule has 8 nitrogen and oxygen atoms in total. The van der Waals surface area contributed by atoms with Crippen LogP contribution in [-0.2, 0) is 10.9 Å². The van der Waals surface area contributed by atoms with Crippen molar-refractivity contribution in [3.63, 3.8) is 0 Å². The van der Waals surface area contributed by atoms with Crippen molar-refractivity contribution < 1.29 is 22.0 Å². The third-order valence-electron chi connectivity index (χ3n) is 4.10. The van der Waals surface area contributed by atoms with Crippen LogP contribution in [0.2, 0.25) is 0 Å². The molecule has 4 rings (SSSR count). The van der Waals surface area contributed by atoms with Crippen LogP contribution in [0.25, 0.3) is 5.65 Å². The van der Waals surface area contributed by atoms with Gasteiger partial charge in [0, 0.05) is 24.0 Å². The number of thiol groups is 1. The largest absolute Gasteiger partial charge is 0.322 e. The minimum Gasteiger partial charge on any atom is -0.322 e. The molecule has 1 N–H and O–H groups in total. The molecule has 0 fully saturated rings. The second-order valence-corrected chi connectivity index (χ2v) is 6.99. The summed E-state index contributed by atoms with van der Waals surface area (Å²) >= 11 is 0. The van der Waals surface area contributed by atoms with Crippen LogP contribution >= 0.6 is 0 Å². The van der Waals surface area contributed by atoms with Crippen molar-refractivity contribution in [1.29, 1.82) is 0 Å². The van der Waals surface area contributed by atoms with Gasteiger partial charge in [-0.05, 0) is 24.3 Å². The number of benzene rings is 2. The standard InChI is InChI=1S/C19H13F2N5O3S/c20-12-8-13(21)10-15(9-12)26(30(28)29)17-6-7-25-18(24-17)16(11-22-25)19(27)23-14-4-2-1-3-5-14/h1-11,30H,(H,23,27). The van der Waals surface area contributed by atoms with E-state index in [4.69, 9.17) is 0 Å². The summed E-state index contributed by atoms with van der Waals surface area (Å²) in [7, 11) is -3.34. The number of halogens is 2. The maximum absolute atomic E-state index is 13.6. The number of anilines is 3. The molecular formula is C19H13F2N5O3S. The molecule has 0 unspecified atom stereocenters. The van der Waals surface area contributed by atoms with E-state index < -0.39 is 28.4 Å². The SMILES string of the molecule is O=C(Nc1ccccc1)c1cnn2ccc(N(c3cc(F)cc(F)c3)[SH](=O)=O)nc12. The molecule has 2 heterocycles. The van der Waals surface area contributed by atoms with Gasteiger partial charge in [0.15, 0.2) is 11.5 Å². The highest BCUT2D eigenvalue weighted by Gasteiger charge is 2.19. The van der Waals surface area contributed by atoms with Gasteiger partial charge in [-0.2, -0.15) is 5.10 Å². The second-order valence-electron chi connectivity index (χ2n) is 6.11. The van der Waals surface area contributed by atoms with Crippen LogP contribution in [0, 0.1) is 11.6 Å². The van der Waals surface area contributed by atoms with Gasteiger partial charge in [-0.3, -0.25) is 4.79 Å². The Bertz CT molecular complexity index is 1300. The smallest absolute Gasteiger partial charge is 0.261 e. The molecule has 0 aliphatic heterocycles. The highest BCUT2D eigenvalue weighted by atomic mass is 32.2. The highest BCUT2D eigenvalue weighted by Crippen LogP contribution is 2.26. The Morgan fingerprint density at radius 3 is 2.40 bits per heavy atom. The number of rotatable bonds is 5. The Morgan fingerprint density at radius 2 is 1.73 bits per heavy atom. The maximum atomic E-state index is 13.6. The molecule has 0 saturated carbocycles. The zero-order valence-electron chi connectivity index (χ0n) is 15.1. The van der Waals surface area contributed by atoms with E-state index in [1.807, 2.05) is 0 Å². The molecule has 0 aliphatic carbocycles. The molecule has 0 radical (unpaired) electrons. The maximum Gasteiger partial charge on any atom is 0.261 e. The van der Waals surface area contributed by atoms with E-state index in [1.165, 1.54) is 23.0 Å². The van der Waals surface area contributed by atoms with Crippen molar-refractivity contribution in [2.24, 2.45) is 0 Å². The first kappa shape index (κ1) is 19.5. The van der Waals surface area contributed by atoms with Gasteiger partial charge >= 0.3 is 0 Å². The topological polar surface area (TPSA) is 96.7 Å². The molecule has 0 saturated heterocycles. The van der Waals surface area contributed by atoms with Gasteiger partial charge < -0.3 is 5.32 Å². The lowest BCUT2D eigenvalue weighted by atomic mass is 10.2. The number of amides is 1. The zero-order chi connectivity index (χ0) is 21.3. The molecule has 11 heteroatoms. The summed E-state index contributed by atoms with van der Waals surface area (Å²) in [5, 5.41) is 6.72. The Morgan fingerprint density at radius 1 is 1.03 bits per heavy atom. The van der Waals surface area contributed by atoms with Gasteiger partial charge in [0.2, 0.25) is 10.9 Å².